The predicted octanol–water partition coefficient (Wildman–Crippen LogP) is 3.01. The molecule has 1 saturated carbocycles. The predicted molar refractivity (Wildman–Crippen MR) is 82.1 cm³/mol. The number of aromatic hydroxyl groups is 1. The Morgan fingerprint density at radius 3 is 2.80 bits per heavy atom. The summed E-state index contributed by atoms with van der Waals surface area (Å²) in [4.78, 5) is 2.48. The molecule has 0 amide bonds. The number of halogens is 1. The van der Waals surface area contributed by atoms with Gasteiger partial charge in [-0.15, -0.1) is 0 Å². The molecule has 110 valence electrons. The number of phenols is 1. The summed E-state index contributed by atoms with van der Waals surface area (Å²) in [6.07, 6.45) is 5.26. The summed E-state index contributed by atoms with van der Waals surface area (Å²) in [6, 6.07) is 5.93. The fourth-order valence-electron chi connectivity index (χ4n) is 3.02. The summed E-state index contributed by atoms with van der Waals surface area (Å²) < 4.78 is 0. The zero-order valence-corrected chi connectivity index (χ0v) is 12.6. The van der Waals surface area contributed by atoms with Gasteiger partial charge in [-0.1, -0.05) is 11.6 Å². The van der Waals surface area contributed by atoms with E-state index >= 15 is 0 Å². The molecular formula is C16H23ClN2O. The number of nitrogens with zero attached hydrogens (tertiary/aromatic N) is 1. The number of nitrogens with one attached hydrogen (secondary N) is 1. The van der Waals surface area contributed by atoms with Crippen LogP contribution < -0.4 is 5.32 Å². The molecule has 2 N–H and O–H groups in total. The molecule has 1 atom stereocenters. The summed E-state index contributed by atoms with van der Waals surface area (Å²) in [5.74, 6) is 1.22. The van der Waals surface area contributed by atoms with Gasteiger partial charge < -0.3 is 10.4 Å². The third-order valence-corrected chi connectivity index (χ3v) is 4.52. The fourth-order valence-corrected chi connectivity index (χ4v) is 3.21. The Balaban J connectivity index is 1.65. The van der Waals surface area contributed by atoms with Crippen molar-refractivity contribution in [3.05, 3.63) is 28.8 Å². The first-order valence-corrected chi connectivity index (χ1v) is 8.01. The van der Waals surface area contributed by atoms with Crippen LogP contribution in [0.5, 0.6) is 5.75 Å². The molecule has 1 aromatic rings. The van der Waals surface area contributed by atoms with Gasteiger partial charge in [0.05, 0.1) is 0 Å². The molecule has 1 heterocycles. The lowest BCUT2D eigenvalue weighted by Gasteiger charge is -2.26. The summed E-state index contributed by atoms with van der Waals surface area (Å²) in [5, 5.41) is 14.3. The second-order valence-corrected chi connectivity index (χ2v) is 6.64. The molecule has 2 fully saturated rings. The fraction of sp³-hybridized carbons (Fsp3) is 0.625. The van der Waals surface area contributed by atoms with Gasteiger partial charge in [0.25, 0.3) is 0 Å². The third kappa shape index (κ3) is 3.87. The molecule has 0 aromatic heterocycles. The Kier molecular flexibility index (Phi) is 4.49. The van der Waals surface area contributed by atoms with E-state index in [0.717, 1.165) is 37.7 Å². The van der Waals surface area contributed by atoms with Gasteiger partial charge in [0, 0.05) is 36.3 Å². The van der Waals surface area contributed by atoms with Crippen molar-refractivity contribution in [1.82, 2.24) is 10.2 Å². The zero-order valence-electron chi connectivity index (χ0n) is 11.8. The van der Waals surface area contributed by atoms with Crippen LogP contribution in [0.1, 0.15) is 31.2 Å². The molecule has 3 rings (SSSR count). The smallest absolute Gasteiger partial charge is 0.120 e. The topological polar surface area (TPSA) is 35.5 Å². The largest absolute Gasteiger partial charge is 0.508 e. The molecule has 2 aliphatic rings. The monoisotopic (exact) mass is 294 g/mol. The van der Waals surface area contributed by atoms with E-state index in [-0.39, 0.29) is 0 Å². The number of hydrogen-bond acceptors (Lipinski definition) is 3. The summed E-state index contributed by atoms with van der Waals surface area (Å²) in [6.45, 7) is 4.15. The summed E-state index contributed by atoms with van der Waals surface area (Å²) in [5.41, 5.74) is 0.941. The molecule has 1 aromatic carbocycles. The minimum Gasteiger partial charge on any atom is -0.508 e. The highest BCUT2D eigenvalue weighted by atomic mass is 35.5. The third-order valence-electron chi connectivity index (χ3n) is 4.29. The highest BCUT2D eigenvalue weighted by Gasteiger charge is 2.26. The van der Waals surface area contributed by atoms with Gasteiger partial charge >= 0.3 is 0 Å². The number of benzene rings is 1. The maximum absolute atomic E-state index is 9.99. The van der Waals surface area contributed by atoms with Crippen LogP contribution in [-0.4, -0.2) is 35.7 Å². The first-order chi connectivity index (χ1) is 9.70. The summed E-state index contributed by atoms with van der Waals surface area (Å²) >= 11 is 6.05. The normalized spacial score (nSPS) is 22.6. The van der Waals surface area contributed by atoms with Crippen LogP contribution in [0.3, 0.4) is 0 Å². The van der Waals surface area contributed by atoms with Gasteiger partial charge in [-0.3, -0.25) is 4.90 Å². The van der Waals surface area contributed by atoms with Crippen molar-refractivity contribution < 1.29 is 5.11 Å². The Hall–Kier alpha value is -0.770. The SMILES string of the molecule is Oc1ccc(Cl)cc1CN(CC1CC1)CC1CCCN1. The first kappa shape index (κ1) is 14.2. The van der Waals surface area contributed by atoms with Crippen molar-refractivity contribution in [2.45, 2.75) is 38.3 Å². The standard InChI is InChI=1S/C16H23ClN2O/c17-14-5-6-16(20)13(8-14)10-19(9-12-3-4-12)11-15-2-1-7-18-15/h5-6,8,12,15,18,20H,1-4,7,9-11H2. The Morgan fingerprint density at radius 2 is 2.10 bits per heavy atom. The molecule has 1 saturated heterocycles. The van der Waals surface area contributed by atoms with E-state index in [9.17, 15) is 5.11 Å². The molecule has 1 unspecified atom stereocenters. The van der Waals surface area contributed by atoms with Gasteiger partial charge in [-0.25, -0.2) is 0 Å². The van der Waals surface area contributed by atoms with E-state index in [1.165, 1.54) is 25.7 Å². The van der Waals surface area contributed by atoms with Gasteiger partial charge in [-0.05, 0) is 56.3 Å². The average molecular weight is 295 g/mol. The minimum atomic E-state index is 0.356. The molecular weight excluding hydrogens is 272 g/mol. The van der Waals surface area contributed by atoms with Gasteiger partial charge in [0.15, 0.2) is 0 Å². The Labute approximate surface area is 125 Å². The van der Waals surface area contributed by atoms with Crippen molar-refractivity contribution in [2.24, 2.45) is 5.92 Å². The van der Waals surface area contributed by atoms with Crippen molar-refractivity contribution in [1.29, 1.82) is 0 Å². The maximum Gasteiger partial charge on any atom is 0.120 e. The molecule has 0 bridgehead atoms. The molecule has 4 heteroatoms. The molecule has 1 aliphatic carbocycles. The van der Waals surface area contributed by atoms with Crippen molar-refractivity contribution >= 4 is 11.6 Å². The second-order valence-electron chi connectivity index (χ2n) is 6.20. The van der Waals surface area contributed by atoms with Crippen LogP contribution in [0.2, 0.25) is 5.02 Å². The van der Waals surface area contributed by atoms with Crippen LogP contribution in [0.25, 0.3) is 0 Å². The van der Waals surface area contributed by atoms with Gasteiger partial charge in [0.2, 0.25) is 0 Å². The average Bonchev–Trinajstić information content (AvgIpc) is 3.08. The van der Waals surface area contributed by atoms with Crippen LogP contribution >= 0.6 is 11.6 Å². The van der Waals surface area contributed by atoms with Crippen LogP contribution in [0.15, 0.2) is 18.2 Å². The van der Waals surface area contributed by atoms with E-state index in [0.29, 0.717) is 16.8 Å². The van der Waals surface area contributed by atoms with Crippen LogP contribution in [0, 0.1) is 5.92 Å². The quantitative estimate of drug-likeness (QED) is 0.846. The highest BCUT2D eigenvalue weighted by molar-refractivity contribution is 6.30. The molecule has 1 aliphatic heterocycles. The molecule has 0 spiro atoms. The molecule has 0 radical (unpaired) electrons. The molecule has 3 nitrogen and oxygen atoms in total. The van der Waals surface area contributed by atoms with Crippen LogP contribution in [-0.2, 0) is 6.54 Å². The number of rotatable bonds is 6. The molecule has 20 heavy (non-hydrogen) atoms. The lowest BCUT2D eigenvalue weighted by molar-refractivity contribution is 0.229. The Bertz CT molecular complexity index is 456. The zero-order chi connectivity index (χ0) is 13.9. The second kappa shape index (κ2) is 6.33. The minimum absolute atomic E-state index is 0.356. The highest BCUT2D eigenvalue weighted by Crippen LogP contribution is 2.31. The van der Waals surface area contributed by atoms with E-state index in [1.54, 1.807) is 12.1 Å². The van der Waals surface area contributed by atoms with Gasteiger partial charge in [-0.2, -0.15) is 0 Å². The van der Waals surface area contributed by atoms with Gasteiger partial charge in [0.1, 0.15) is 5.75 Å². The van der Waals surface area contributed by atoms with E-state index in [2.05, 4.69) is 10.2 Å². The number of phenolic OH excluding ortho intramolecular Hbond substituents is 1. The Morgan fingerprint density at radius 1 is 1.25 bits per heavy atom. The van der Waals surface area contributed by atoms with Crippen LogP contribution in [0.4, 0.5) is 0 Å². The number of hydrogen-bond donors (Lipinski definition) is 2. The van der Waals surface area contributed by atoms with E-state index < -0.39 is 0 Å². The summed E-state index contributed by atoms with van der Waals surface area (Å²) in [7, 11) is 0. The lowest BCUT2D eigenvalue weighted by Crippen LogP contribution is -2.38. The van der Waals surface area contributed by atoms with Crippen molar-refractivity contribution in [3.8, 4) is 5.75 Å². The first-order valence-electron chi connectivity index (χ1n) is 7.64. The van der Waals surface area contributed by atoms with Crippen molar-refractivity contribution in [3.63, 3.8) is 0 Å². The van der Waals surface area contributed by atoms with E-state index in [1.807, 2.05) is 6.07 Å². The van der Waals surface area contributed by atoms with E-state index in [4.69, 9.17) is 11.6 Å². The maximum atomic E-state index is 9.99. The lowest BCUT2D eigenvalue weighted by atomic mass is 10.1. The van der Waals surface area contributed by atoms with Crippen molar-refractivity contribution in [2.75, 3.05) is 19.6 Å².